The van der Waals surface area contributed by atoms with Gasteiger partial charge in [-0.05, 0) is 69.5 Å². The number of rotatable bonds is 11. The lowest BCUT2D eigenvalue weighted by Gasteiger charge is -2.43. The highest BCUT2D eigenvalue weighted by molar-refractivity contribution is 5.53. The van der Waals surface area contributed by atoms with E-state index in [1.54, 1.807) is 0 Å². The smallest absolute Gasteiger partial charge is 0.161 e. The zero-order valence-electron chi connectivity index (χ0n) is 21.0. The van der Waals surface area contributed by atoms with Gasteiger partial charge in [0.05, 0.1) is 0 Å². The third-order valence-electron chi connectivity index (χ3n) is 7.18. The summed E-state index contributed by atoms with van der Waals surface area (Å²) in [6.07, 6.45) is 9.82. The van der Waals surface area contributed by atoms with Crippen LogP contribution in [0.2, 0.25) is 0 Å². The van der Waals surface area contributed by atoms with Crippen LogP contribution in [0.1, 0.15) is 70.8 Å². The first kappa shape index (κ1) is 28.4. The summed E-state index contributed by atoms with van der Waals surface area (Å²) in [6, 6.07) is 2.12. The quantitative estimate of drug-likeness (QED) is 0.330. The number of carbonyl (C=O) groups excluding carboxylic acids is 1. The topological polar surface area (TPSA) is 58.4 Å². The van der Waals surface area contributed by atoms with Crippen molar-refractivity contribution in [2.24, 2.45) is 17.6 Å². The molecule has 1 aromatic rings. The minimum absolute atomic E-state index is 0.153. The van der Waals surface area contributed by atoms with Crippen LogP contribution in [0.15, 0.2) is 24.4 Å². The van der Waals surface area contributed by atoms with Gasteiger partial charge in [0.25, 0.3) is 0 Å². The van der Waals surface area contributed by atoms with Gasteiger partial charge in [-0.1, -0.05) is 33.3 Å². The second kappa shape index (κ2) is 13.9. The van der Waals surface area contributed by atoms with Crippen molar-refractivity contribution in [2.45, 2.75) is 89.8 Å². The first-order valence-corrected chi connectivity index (χ1v) is 12.7. The first-order valence-electron chi connectivity index (χ1n) is 12.7. The molecule has 34 heavy (non-hydrogen) atoms. The maximum atomic E-state index is 13.9. The van der Waals surface area contributed by atoms with Crippen LogP contribution in [0.25, 0.3) is 0 Å². The molecule has 3 unspecified atom stereocenters. The summed E-state index contributed by atoms with van der Waals surface area (Å²) >= 11 is 0. The highest BCUT2D eigenvalue weighted by Crippen LogP contribution is 2.41. The molecule has 0 aliphatic carbocycles. The highest BCUT2D eigenvalue weighted by Gasteiger charge is 2.42. The zero-order chi connectivity index (χ0) is 25.3. The lowest BCUT2D eigenvalue weighted by atomic mass is 9.82. The number of halogens is 3. The van der Waals surface area contributed by atoms with Gasteiger partial charge >= 0.3 is 0 Å². The van der Waals surface area contributed by atoms with Crippen molar-refractivity contribution in [2.75, 3.05) is 13.6 Å². The number of nitrogens with one attached hydrogen (secondary N) is 1. The molecule has 3 N–H and O–H groups in total. The van der Waals surface area contributed by atoms with Crippen molar-refractivity contribution in [1.82, 2.24) is 10.2 Å². The van der Waals surface area contributed by atoms with E-state index in [1.807, 2.05) is 7.05 Å². The van der Waals surface area contributed by atoms with Crippen molar-refractivity contribution < 1.29 is 18.0 Å². The van der Waals surface area contributed by atoms with Gasteiger partial charge in [0, 0.05) is 42.4 Å². The molecule has 192 valence electrons. The van der Waals surface area contributed by atoms with E-state index in [9.17, 15) is 18.0 Å². The molecule has 0 spiro atoms. The van der Waals surface area contributed by atoms with Crippen LogP contribution in [0, 0.1) is 29.3 Å². The summed E-state index contributed by atoms with van der Waals surface area (Å²) in [4.78, 5) is 12.7. The van der Waals surface area contributed by atoms with E-state index in [4.69, 9.17) is 5.73 Å². The lowest BCUT2D eigenvalue weighted by Crippen LogP contribution is -2.48. The van der Waals surface area contributed by atoms with Crippen LogP contribution in [-0.2, 0) is 11.2 Å². The molecule has 0 saturated carbocycles. The van der Waals surface area contributed by atoms with Crippen LogP contribution in [0.5, 0.6) is 0 Å². The number of piperidine rings is 1. The van der Waals surface area contributed by atoms with Crippen molar-refractivity contribution in [3.8, 4) is 0 Å². The molecule has 2 heterocycles. The van der Waals surface area contributed by atoms with Gasteiger partial charge in [0.1, 0.15) is 12.1 Å². The Morgan fingerprint density at radius 3 is 2.18 bits per heavy atom. The third-order valence-corrected chi connectivity index (χ3v) is 7.18. The average molecular weight is 482 g/mol. The molecule has 3 atom stereocenters. The Bertz CT molecular complexity index is 784. The number of nitrogens with zero attached hydrogens (tertiary/aromatic N) is 1. The fraction of sp³-hybridized carbons (Fsp3) is 0.667. The molecule has 0 amide bonds. The van der Waals surface area contributed by atoms with Crippen LogP contribution in [-0.4, -0.2) is 42.9 Å². The summed E-state index contributed by atoms with van der Waals surface area (Å²) in [6.45, 7) is 9.18. The second-order valence-corrected chi connectivity index (χ2v) is 9.82. The number of benzene rings is 1. The van der Waals surface area contributed by atoms with E-state index in [2.05, 4.69) is 30.6 Å². The number of aldehydes is 1. The Labute approximate surface area is 203 Å². The average Bonchev–Trinajstić information content (AvgIpc) is 3.07. The molecule has 3 rings (SSSR count). The van der Waals surface area contributed by atoms with Crippen LogP contribution >= 0.6 is 0 Å². The summed E-state index contributed by atoms with van der Waals surface area (Å²) in [5, 5.41) is 3.14. The monoisotopic (exact) mass is 481 g/mol. The minimum Gasteiger partial charge on any atom is -0.368 e. The number of likely N-dealkylation sites (N-methyl/N-ethyl adjacent to an activating group) is 1. The van der Waals surface area contributed by atoms with Crippen molar-refractivity contribution in [3.63, 3.8) is 0 Å². The molecule has 0 aromatic heterocycles. The molecular weight excluding hydrogens is 439 g/mol. The van der Waals surface area contributed by atoms with Gasteiger partial charge < -0.3 is 20.7 Å². The van der Waals surface area contributed by atoms with E-state index in [0.717, 1.165) is 76.0 Å². The molecular formula is C27H42F3N3O. The lowest BCUT2D eigenvalue weighted by molar-refractivity contribution is -0.111. The number of nitrogens with two attached hydrogens (primary N) is 1. The van der Waals surface area contributed by atoms with E-state index in [1.165, 1.54) is 0 Å². The first-order chi connectivity index (χ1) is 16.2. The van der Waals surface area contributed by atoms with Crippen LogP contribution in [0.4, 0.5) is 13.2 Å². The molecule has 2 bridgehead atoms. The van der Waals surface area contributed by atoms with Crippen LogP contribution in [0.3, 0.4) is 0 Å². The van der Waals surface area contributed by atoms with E-state index < -0.39 is 17.5 Å². The number of hydrogen-bond acceptors (Lipinski definition) is 4. The Hall–Kier alpha value is -1.86. The summed E-state index contributed by atoms with van der Waals surface area (Å²) in [5.74, 6) is -2.33. The predicted octanol–water partition coefficient (Wildman–Crippen LogP) is 5.35. The molecule has 0 radical (unpaired) electrons. The standard InChI is InChI=1S/C19H26F3N3.C8H16O/c1-11(10-24-2)25-14-3-4-15(25)6-13(5-14)19(23)8-12-7-17(21)18(22)9-16(12)20;1-3-5-8(7-9)6-4-2/h7,9,13-15,19,24H,1,3-6,8,10,23H2,2H3;7-8H,3-6H2,1-2H3. The summed E-state index contributed by atoms with van der Waals surface area (Å²) < 4.78 is 40.4. The van der Waals surface area contributed by atoms with E-state index in [-0.39, 0.29) is 23.9 Å². The van der Waals surface area contributed by atoms with Gasteiger partial charge in [-0.2, -0.15) is 0 Å². The summed E-state index contributed by atoms with van der Waals surface area (Å²) in [5.41, 5.74) is 7.59. The molecule has 2 fully saturated rings. The second-order valence-electron chi connectivity index (χ2n) is 9.82. The van der Waals surface area contributed by atoms with E-state index >= 15 is 0 Å². The van der Waals surface area contributed by atoms with Gasteiger partial charge in [-0.3, -0.25) is 0 Å². The molecule has 2 aliphatic heterocycles. The SMILES string of the molecule is C=C(CNC)N1C2CCC1CC(C(N)Cc1cc(F)c(F)cc1F)C2.CCCC(C=O)CCC. The van der Waals surface area contributed by atoms with Crippen molar-refractivity contribution in [1.29, 1.82) is 0 Å². The van der Waals surface area contributed by atoms with Gasteiger partial charge in [0.2, 0.25) is 0 Å². The fourth-order valence-electron chi connectivity index (χ4n) is 5.54. The highest BCUT2D eigenvalue weighted by atomic mass is 19.2. The molecule has 2 saturated heterocycles. The number of fused-ring (bicyclic) bond motifs is 2. The Morgan fingerprint density at radius 2 is 1.68 bits per heavy atom. The molecule has 2 aliphatic rings. The van der Waals surface area contributed by atoms with Crippen LogP contribution < -0.4 is 11.1 Å². The van der Waals surface area contributed by atoms with Gasteiger partial charge in [0.15, 0.2) is 11.6 Å². The fourth-order valence-corrected chi connectivity index (χ4v) is 5.54. The Balaban J connectivity index is 0.000000387. The largest absolute Gasteiger partial charge is 0.368 e. The van der Waals surface area contributed by atoms with Crippen molar-refractivity contribution >= 4 is 6.29 Å². The molecule has 1 aromatic carbocycles. The molecule has 7 heteroatoms. The normalized spacial score (nSPS) is 22.4. The number of hydrogen-bond donors (Lipinski definition) is 2. The zero-order valence-corrected chi connectivity index (χ0v) is 21.0. The Morgan fingerprint density at radius 1 is 1.12 bits per heavy atom. The predicted molar refractivity (Wildman–Crippen MR) is 132 cm³/mol. The third kappa shape index (κ3) is 7.57. The van der Waals surface area contributed by atoms with Gasteiger partial charge in [-0.25, -0.2) is 13.2 Å². The Kier molecular flexibility index (Phi) is 11.6. The molecule has 4 nitrogen and oxygen atoms in total. The van der Waals surface area contributed by atoms with Crippen molar-refractivity contribution in [3.05, 3.63) is 47.4 Å². The van der Waals surface area contributed by atoms with Gasteiger partial charge in [-0.15, -0.1) is 0 Å². The maximum absolute atomic E-state index is 13.9. The number of carbonyl (C=O) groups is 1. The maximum Gasteiger partial charge on any atom is 0.161 e. The minimum atomic E-state index is -1.16. The summed E-state index contributed by atoms with van der Waals surface area (Å²) in [7, 11) is 1.91. The van der Waals surface area contributed by atoms with E-state index in [0.29, 0.717) is 24.1 Å².